The van der Waals surface area contributed by atoms with E-state index in [-0.39, 0.29) is 29.5 Å². The van der Waals surface area contributed by atoms with Gasteiger partial charge in [0.25, 0.3) is 5.91 Å². The summed E-state index contributed by atoms with van der Waals surface area (Å²) in [5.41, 5.74) is 2.63. The first-order valence-corrected chi connectivity index (χ1v) is 13.8. The first-order chi connectivity index (χ1) is 17.5. The molecule has 4 atom stereocenters. The second-order valence-corrected chi connectivity index (χ2v) is 11.8. The number of aliphatic hydroxyl groups excluding tert-OH is 1. The molecule has 190 valence electrons. The predicted molar refractivity (Wildman–Crippen MR) is 137 cm³/mol. The van der Waals surface area contributed by atoms with E-state index in [1.807, 2.05) is 47.4 Å². The number of piperidine rings is 1. The Hall–Kier alpha value is -2.66. The summed E-state index contributed by atoms with van der Waals surface area (Å²) in [5, 5.41) is 10.8. The number of aliphatic hydroxyl groups is 1. The second kappa shape index (κ2) is 9.66. The molecule has 4 fully saturated rings. The van der Waals surface area contributed by atoms with E-state index in [2.05, 4.69) is 12.1 Å². The largest absolute Gasteiger partial charge is 0.462 e. The highest BCUT2D eigenvalue weighted by Gasteiger charge is 2.54. The number of rotatable bonds is 6. The average Bonchev–Trinajstić information content (AvgIpc) is 3.59. The molecule has 4 aliphatic rings. The lowest BCUT2D eigenvalue weighted by molar-refractivity contribution is -0.151. The minimum absolute atomic E-state index is 0.0266. The van der Waals surface area contributed by atoms with Gasteiger partial charge >= 0.3 is 5.97 Å². The number of amides is 1. The number of hydrogen-bond acceptors (Lipinski definition) is 4. The van der Waals surface area contributed by atoms with E-state index >= 15 is 0 Å². The fourth-order valence-electron chi connectivity index (χ4n) is 6.86. The van der Waals surface area contributed by atoms with E-state index in [0.717, 1.165) is 56.1 Å². The van der Waals surface area contributed by atoms with Crippen LogP contribution in [-0.2, 0) is 16.0 Å². The molecule has 1 amide bonds. The molecule has 0 unspecified atom stereocenters. The van der Waals surface area contributed by atoms with Crippen LogP contribution in [0.1, 0.15) is 79.0 Å². The molecule has 2 heterocycles. The van der Waals surface area contributed by atoms with Crippen molar-refractivity contribution in [3.05, 3.63) is 71.3 Å². The third kappa shape index (κ3) is 4.70. The van der Waals surface area contributed by atoms with Crippen LogP contribution in [0.5, 0.6) is 0 Å². The normalized spacial score (nSPS) is 28.3. The van der Waals surface area contributed by atoms with Gasteiger partial charge < -0.3 is 14.7 Å². The van der Waals surface area contributed by atoms with Crippen LogP contribution in [0.25, 0.3) is 0 Å². The number of ether oxygens (including phenoxy) is 1. The number of carbonyl (C=O) groups is 2. The van der Waals surface area contributed by atoms with E-state index in [1.54, 1.807) is 0 Å². The summed E-state index contributed by atoms with van der Waals surface area (Å²) in [6, 6.07) is 18.1. The van der Waals surface area contributed by atoms with Gasteiger partial charge in [0.1, 0.15) is 6.10 Å². The standard InChI is InChI=1S/C31H37NO4/c33-28(24-4-2-1-3-5-24)26-11-8-22(19-26)18-21-6-9-25(10-7-21)29(34)32-16-14-31(15-17-32)20-27(23-12-13-23)36-30(31)35/h1-7,9-10,22-23,26-28,33H,8,11-20H2/t22-,26-,27-,28+/m0/s1. The summed E-state index contributed by atoms with van der Waals surface area (Å²) in [6.45, 7) is 1.25. The van der Waals surface area contributed by atoms with Crippen LogP contribution in [0.3, 0.4) is 0 Å². The van der Waals surface area contributed by atoms with Crippen molar-refractivity contribution in [2.45, 2.75) is 70.0 Å². The summed E-state index contributed by atoms with van der Waals surface area (Å²) < 4.78 is 5.71. The molecule has 2 aliphatic carbocycles. The lowest BCUT2D eigenvalue weighted by Crippen LogP contribution is -2.45. The van der Waals surface area contributed by atoms with Crippen LogP contribution in [0.4, 0.5) is 0 Å². The monoisotopic (exact) mass is 487 g/mol. The van der Waals surface area contributed by atoms with Gasteiger partial charge in [-0.05, 0) is 92.4 Å². The van der Waals surface area contributed by atoms with Crippen molar-refractivity contribution in [1.82, 2.24) is 4.90 Å². The Morgan fingerprint density at radius 3 is 2.42 bits per heavy atom. The number of nitrogens with zero attached hydrogens (tertiary/aromatic N) is 1. The van der Waals surface area contributed by atoms with Gasteiger partial charge in [0.2, 0.25) is 0 Å². The van der Waals surface area contributed by atoms with Crippen molar-refractivity contribution in [1.29, 1.82) is 0 Å². The molecular formula is C31H37NO4. The topological polar surface area (TPSA) is 66.8 Å². The van der Waals surface area contributed by atoms with Crippen molar-refractivity contribution in [2.75, 3.05) is 13.1 Å². The molecule has 36 heavy (non-hydrogen) atoms. The van der Waals surface area contributed by atoms with Crippen molar-refractivity contribution < 1.29 is 19.4 Å². The zero-order valence-corrected chi connectivity index (χ0v) is 21.0. The lowest BCUT2D eigenvalue weighted by atomic mass is 9.75. The third-order valence-electron chi connectivity index (χ3n) is 9.33. The zero-order chi connectivity index (χ0) is 24.7. The molecule has 2 aliphatic heterocycles. The molecule has 0 radical (unpaired) electrons. The maximum absolute atomic E-state index is 13.2. The molecule has 2 aromatic rings. The zero-order valence-electron chi connectivity index (χ0n) is 21.0. The predicted octanol–water partition coefficient (Wildman–Crippen LogP) is 5.33. The first kappa shape index (κ1) is 23.7. The number of likely N-dealkylation sites (tertiary alicyclic amines) is 1. The maximum atomic E-state index is 13.2. The molecule has 1 N–H and O–H groups in total. The minimum atomic E-state index is -0.384. The van der Waals surface area contributed by atoms with Gasteiger partial charge in [-0.25, -0.2) is 0 Å². The van der Waals surface area contributed by atoms with Crippen LogP contribution >= 0.6 is 0 Å². The Morgan fingerprint density at radius 1 is 1.00 bits per heavy atom. The smallest absolute Gasteiger partial charge is 0.312 e. The number of hydrogen-bond donors (Lipinski definition) is 1. The Morgan fingerprint density at radius 2 is 1.72 bits per heavy atom. The summed E-state index contributed by atoms with van der Waals surface area (Å²) in [7, 11) is 0. The minimum Gasteiger partial charge on any atom is -0.462 e. The van der Waals surface area contributed by atoms with E-state index in [4.69, 9.17) is 4.74 Å². The first-order valence-electron chi connectivity index (χ1n) is 13.8. The number of benzene rings is 2. The van der Waals surface area contributed by atoms with Gasteiger partial charge in [0, 0.05) is 25.1 Å². The van der Waals surface area contributed by atoms with Crippen LogP contribution in [-0.4, -0.2) is 41.1 Å². The molecule has 0 bridgehead atoms. The van der Waals surface area contributed by atoms with Crippen molar-refractivity contribution >= 4 is 11.9 Å². The van der Waals surface area contributed by atoms with Gasteiger partial charge in [0.05, 0.1) is 11.5 Å². The van der Waals surface area contributed by atoms with Gasteiger partial charge in [-0.2, -0.15) is 0 Å². The van der Waals surface area contributed by atoms with Gasteiger partial charge in [-0.15, -0.1) is 0 Å². The molecule has 2 aromatic carbocycles. The molecule has 0 aromatic heterocycles. The molecule has 2 saturated heterocycles. The fraction of sp³-hybridized carbons (Fsp3) is 0.548. The van der Waals surface area contributed by atoms with Gasteiger partial charge in [-0.3, -0.25) is 9.59 Å². The lowest BCUT2D eigenvalue weighted by Gasteiger charge is -2.36. The van der Waals surface area contributed by atoms with Crippen LogP contribution in [0, 0.1) is 23.2 Å². The Labute approximate surface area is 213 Å². The Balaban J connectivity index is 1.01. The van der Waals surface area contributed by atoms with Crippen molar-refractivity contribution in [3.8, 4) is 0 Å². The molecule has 5 nitrogen and oxygen atoms in total. The highest BCUT2D eigenvalue weighted by Crippen LogP contribution is 2.49. The van der Waals surface area contributed by atoms with Crippen LogP contribution in [0.2, 0.25) is 0 Å². The summed E-state index contributed by atoms with van der Waals surface area (Å²) in [5.74, 6) is 1.50. The summed E-state index contributed by atoms with van der Waals surface area (Å²) >= 11 is 0. The molecule has 6 rings (SSSR count). The Kier molecular flexibility index (Phi) is 6.37. The van der Waals surface area contributed by atoms with Crippen molar-refractivity contribution in [3.63, 3.8) is 0 Å². The number of carbonyl (C=O) groups excluding carboxylic acids is 2. The highest BCUT2D eigenvalue weighted by molar-refractivity contribution is 5.94. The number of esters is 1. The van der Waals surface area contributed by atoms with E-state index in [1.165, 1.54) is 18.4 Å². The molecule has 5 heteroatoms. The van der Waals surface area contributed by atoms with Gasteiger partial charge in [-0.1, -0.05) is 42.5 Å². The Bertz CT molecular complexity index is 1090. The molecular weight excluding hydrogens is 450 g/mol. The SMILES string of the molecule is O=C(c1ccc(C[C@@H]2CC[C@H]([C@H](O)c3ccccc3)C2)cc1)N1CCC2(CC1)C[C@@H](C1CC1)OC2=O. The number of cyclic esters (lactones) is 1. The van der Waals surface area contributed by atoms with Gasteiger partial charge in [0.15, 0.2) is 0 Å². The average molecular weight is 488 g/mol. The van der Waals surface area contributed by atoms with E-state index < -0.39 is 0 Å². The van der Waals surface area contributed by atoms with Crippen LogP contribution < -0.4 is 0 Å². The molecule has 1 spiro atoms. The maximum Gasteiger partial charge on any atom is 0.312 e. The highest BCUT2D eigenvalue weighted by atomic mass is 16.6. The van der Waals surface area contributed by atoms with E-state index in [0.29, 0.717) is 30.8 Å². The van der Waals surface area contributed by atoms with Crippen molar-refractivity contribution in [2.24, 2.45) is 23.2 Å². The third-order valence-corrected chi connectivity index (χ3v) is 9.33. The van der Waals surface area contributed by atoms with Crippen LogP contribution in [0.15, 0.2) is 54.6 Å². The molecule has 2 saturated carbocycles. The summed E-state index contributed by atoms with van der Waals surface area (Å²) in [4.78, 5) is 27.7. The van der Waals surface area contributed by atoms with E-state index in [9.17, 15) is 14.7 Å². The fourth-order valence-corrected chi connectivity index (χ4v) is 6.86. The summed E-state index contributed by atoms with van der Waals surface area (Å²) in [6.07, 6.45) is 8.60. The quantitative estimate of drug-likeness (QED) is 0.560. The second-order valence-electron chi connectivity index (χ2n) is 11.8.